The molecule has 2 aromatic carbocycles. The highest BCUT2D eigenvalue weighted by atomic mass is 32.1. The molecule has 1 aliphatic heterocycles. The van der Waals surface area contributed by atoms with Gasteiger partial charge in [-0.15, -0.1) is 11.3 Å². The third kappa shape index (κ3) is 5.88. The Hall–Kier alpha value is -2.99. The predicted molar refractivity (Wildman–Crippen MR) is 132 cm³/mol. The van der Waals surface area contributed by atoms with Gasteiger partial charge >= 0.3 is 0 Å². The number of nitrogens with zero attached hydrogens (tertiary/aromatic N) is 2. The molecule has 0 aliphatic carbocycles. The zero-order chi connectivity index (χ0) is 23.2. The van der Waals surface area contributed by atoms with Gasteiger partial charge in [0.15, 0.2) is 0 Å². The number of likely N-dealkylation sites (tertiary alicyclic amines) is 1. The lowest BCUT2D eigenvalue weighted by Crippen LogP contribution is -2.32. The fraction of sp³-hybridized carbons (Fsp3) is 0.370. The van der Waals surface area contributed by atoms with Gasteiger partial charge in [0.25, 0.3) is 0 Å². The molecule has 1 atom stereocenters. The van der Waals surface area contributed by atoms with Crippen LogP contribution in [0.5, 0.6) is 0 Å². The SMILES string of the molecule is Cc1cccc(C)c1Cc1csc(CNC(=O)CCC(=O)N2CCCC2c2ccccc2)n1. The number of hydrogen-bond donors (Lipinski definition) is 1. The van der Waals surface area contributed by atoms with Gasteiger partial charge in [0, 0.05) is 31.2 Å². The van der Waals surface area contributed by atoms with E-state index in [1.807, 2.05) is 23.1 Å². The van der Waals surface area contributed by atoms with E-state index in [1.54, 1.807) is 11.3 Å². The average Bonchev–Trinajstić information content (AvgIpc) is 3.49. The lowest BCUT2D eigenvalue weighted by molar-refractivity contribution is -0.134. The van der Waals surface area contributed by atoms with Crippen LogP contribution in [0.2, 0.25) is 0 Å². The van der Waals surface area contributed by atoms with Crippen LogP contribution in [0.3, 0.4) is 0 Å². The minimum Gasteiger partial charge on any atom is -0.350 e. The molecular weight excluding hydrogens is 430 g/mol. The molecule has 1 aromatic heterocycles. The summed E-state index contributed by atoms with van der Waals surface area (Å²) in [6.45, 7) is 5.42. The maximum Gasteiger partial charge on any atom is 0.223 e. The van der Waals surface area contributed by atoms with Crippen LogP contribution < -0.4 is 5.32 Å². The van der Waals surface area contributed by atoms with Gasteiger partial charge in [0.05, 0.1) is 18.3 Å². The van der Waals surface area contributed by atoms with Crippen molar-refractivity contribution in [2.24, 2.45) is 0 Å². The maximum absolute atomic E-state index is 12.8. The molecule has 172 valence electrons. The second kappa shape index (κ2) is 10.8. The number of thiazole rings is 1. The van der Waals surface area contributed by atoms with Gasteiger partial charge in [0.1, 0.15) is 5.01 Å². The first kappa shape index (κ1) is 23.2. The Morgan fingerprint density at radius 3 is 2.58 bits per heavy atom. The van der Waals surface area contributed by atoms with Crippen LogP contribution in [-0.4, -0.2) is 28.2 Å². The predicted octanol–water partition coefficient (Wildman–Crippen LogP) is 5.11. The van der Waals surface area contributed by atoms with Crippen molar-refractivity contribution >= 4 is 23.2 Å². The Morgan fingerprint density at radius 1 is 1.06 bits per heavy atom. The molecule has 2 heterocycles. The van der Waals surface area contributed by atoms with Gasteiger partial charge in [0.2, 0.25) is 11.8 Å². The summed E-state index contributed by atoms with van der Waals surface area (Å²) in [4.78, 5) is 31.8. The van der Waals surface area contributed by atoms with Crippen LogP contribution in [0.25, 0.3) is 0 Å². The van der Waals surface area contributed by atoms with Gasteiger partial charge in [-0.3, -0.25) is 9.59 Å². The van der Waals surface area contributed by atoms with Crippen LogP contribution in [0.1, 0.15) is 64.7 Å². The zero-order valence-corrected chi connectivity index (χ0v) is 20.2. The Kier molecular flexibility index (Phi) is 7.55. The molecule has 0 radical (unpaired) electrons. The van der Waals surface area contributed by atoms with Crippen molar-refractivity contribution in [2.75, 3.05) is 6.54 Å². The van der Waals surface area contributed by atoms with Gasteiger partial charge in [-0.05, 0) is 48.9 Å². The van der Waals surface area contributed by atoms with Gasteiger partial charge in [-0.1, -0.05) is 48.5 Å². The molecule has 1 fully saturated rings. The van der Waals surface area contributed by atoms with E-state index in [0.29, 0.717) is 6.54 Å². The lowest BCUT2D eigenvalue weighted by atomic mass is 9.99. The number of amides is 2. The standard InChI is InChI=1S/C27H31N3O2S/c1-19-8-6-9-20(2)23(19)16-22-18-33-26(29-22)17-28-25(31)13-14-27(32)30-15-7-12-24(30)21-10-4-3-5-11-21/h3-6,8-11,18,24H,7,12-17H2,1-2H3,(H,28,31). The van der Waals surface area contributed by atoms with E-state index in [9.17, 15) is 9.59 Å². The smallest absolute Gasteiger partial charge is 0.223 e. The van der Waals surface area contributed by atoms with Crippen LogP contribution >= 0.6 is 11.3 Å². The molecule has 1 unspecified atom stereocenters. The van der Waals surface area contributed by atoms with E-state index in [4.69, 9.17) is 4.98 Å². The number of carbonyl (C=O) groups is 2. The summed E-state index contributed by atoms with van der Waals surface area (Å²) in [7, 11) is 0. The van der Waals surface area contributed by atoms with Crippen molar-refractivity contribution in [3.05, 3.63) is 86.9 Å². The summed E-state index contributed by atoms with van der Waals surface area (Å²) >= 11 is 1.56. The Morgan fingerprint density at radius 2 is 1.82 bits per heavy atom. The van der Waals surface area contributed by atoms with Crippen molar-refractivity contribution in [3.8, 4) is 0 Å². The molecule has 0 spiro atoms. The molecule has 2 amide bonds. The van der Waals surface area contributed by atoms with Crippen molar-refractivity contribution in [2.45, 2.75) is 58.5 Å². The molecular formula is C27H31N3O2S. The number of carbonyl (C=O) groups excluding carboxylic acids is 2. The summed E-state index contributed by atoms with van der Waals surface area (Å²) in [5, 5.41) is 5.88. The summed E-state index contributed by atoms with van der Waals surface area (Å²) in [6.07, 6.45) is 3.24. The monoisotopic (exact) mass is 461 g/mol. The minimum atomic E-state index is -0.106. The van der Waals surface area contributed by atoms with Crippen molar-refractivity contribution in [1.29, 1.82) is 0 Å². The van der Waals surface area contributed by atoms with Crippen LogP contribution in [0.4, 0.5) is 0 Å². The molecule has 4 rings (SSSR count). The Labute approximate surface area is 199 Å². The van der Waals surface area contributed by atoms with Gasteiger partial charge in [-0.25, -0.2) is 4.98 Å². The minimum absolute atomic E-state index is 0.0571. The molecule has 1 aliphatic rings. The second-order valence-corrected chi connectivity index (χ2v) is 9.65. The third-order valence-corrected chi connectivity index (χ3v) is 7.26. The molecule has 3 aromatic rings. The first-order valence-corrected chi connectivity index (χ1v) is 12.5. The molecule has 0 saturated carbocycles. The third-order valence-electron chi connectivity index (χ3n) is 6.36. The number of rotatable bonds is 8. The van der Waals surface area contributed by atoms with Gasteiger partial charge in [-0.2, -0.15) is 0 Å². The zero-order valence-electron chi connectivity index (χ0n) is 19.3. The number of nitrogens with one attached hydrogen (secondary N) is 1. The lowest BCUT2D eigenvalue weighted by Gasteiger charge is -2.25. The average molecular weight is 462 g/mol. The van der Waals surface area contributed by atoms with E-state index in [1.165, 1.54) is 22.3 Å². The van der Waals surface area contributed by atoms with Crippen LogP contribution in [0, 0.1) is 13.8 Å². The molecule has 5 nitrogen and oxygen atoms in total. The Bertz CT molecular complexity index is 1090. The number of benzene rings is 2. The van der Waals surface area contributed by atoms with E-state index < -0.39 is 0 Å². The fourth-order valence-corrected chi connectivity index (χ4v) is 5.27. The molecule has 6 heteroatoms. The van der Waals surface area contributed by atoms with E-state index in [-0.39, 0.29) is 30.7 Å². The summed E-state index contributed by atoms with van der Waals surface area (Å²) < 4.78 is 0. The largest absolute Gasteiger partial charge is 0.350 e. The van der Waals surface area contributed by atoms with Crippen LogP contribution in [-0.2, 0) is 22.6 Å². The Balaban J connectivity index is 1.24. The van der Waals surface area contributed by atoms with Crippen molar-refractivity contribution in [3.63, 3.8) is 0 Å². The number of hydrogen-bond acceptors (Lipinski definition) is 4. The topological polar surface area (TPSA) is 62.3 Å². The maximum atomic E-state index is 12.8. The van der Waals surface area contributed by atoms with E-state index in [0.717, 1.165) is 36.5 Å². The molecule has 1 N–H and O–H groups in total. The fourth-order valence-electron chi connectivity index (χ4n) is 4.53. The van der Waals surface area contributed by atoms with E-state index in [2.05, 4.69) is 54.9 Å². The highest BCUT2D eigenvalue weighted by Gasteiger charge is 2.29. The normalized spacial score (nSPS) is 15.6. The van der Waals surface area contributed by atoms with E-state index >= 15 is 0 Å². The summed E-state index contributed by atoms with van der Waals surface area (Å²) in [6, 6.07) is 16.6. The second-order valence-electron chi connectivity index (χ2n) is 8.71. The first-order chi connectivity index (χ1) is 16.0. The molecule has 33 heavy (non-hydrogen) atoms. The highest BCUT2D eigenvalue weighted by Crippen LogP contribution is 2.32. The summed E-state index contributed by atoms with van der Waals surface area (Å²) in [5.74, 6) is -0.0491. The van der Waals surface area contributed by atoms with Crippen LogP contribution in [0.15, 0.2) is 53.9 Å². The first-order valence-electron chi connectivity index (χ1n) is 11.6. The molecule has 0 bridgehead atoms. The number of aryl methyl sites for hydroxylation is 2. The number of aromatic nitrogens is 1. The highest BCUT2D eigenvalue weighted by molar-refractivity contribution is 7.09. The van der Waals surface area contributed by atoms with Crippen molar-refractivity contribution < 1.29 is 9.59 Å². The summed E-state index contributed by atoms with van der Waals surface area (Å²) in [5.41, 5.74) is 6.06. The van der Waals surface area contributed by atoms with Gasteiger partial charge < -0.3 is 10.2 Å². The van der Waals surface area contributed by atoms with Crippen molar-refractivity contribution in [1.82, 2.24) is 15.2 Å². The quantitative estimate of drug-likeness (QED) is 0.507. The molecule has 1 saturated heterocycles.